The topological polar surface area (TPSA) is 97.9 Å². The van der Waals surface area contributed by atoms with E-state index in [-0.39, 0.29) is 18.6 Å². The molecule has 1 heterocycles. The van der Waals surface area contributed by atoms with Gasteiger partial charge in [0, 0.05) is 24.4 Å². The Morgan fingerprint density at radius 2 is 1.74 bits per heavy atom. The SMILES string of the molecule is COc1ccc(NC(C)=O)cc1N[C@@H](C)C(=O)Nc1ccc2c(c1)OCO2. The van der Waals surface area contributed by atoms with Crippen molar-refractivity contribution in [1.29, 1.82) is 0 Å². The van der Waals surface area contributed by atoms with Gasteiger partial charge in [0.2, 0.25) is 18.6 Å². The summed E-state index contributed by atoms with van der Waals surface area (Å²) in [7, 11) is 1.54. The number of benzene rings is 2. The fourth-order valence-corrected chi connectivity index (χ4v) is 2.63. The monoisotopic (exact) mass is 371 g/mol. The molecule has 8 heteroatoms. The second kappa shape index (κ2) is 7.86. The fraction of sp³-hybridized carbons (Fsp3) is 0.263. The Kier molecular flexibility index (Phi) is 5.35. The molecule has 1 aliphatic rings. The van der Waals surface area contributed by atoms with Crippen LogP contribution in [0.2, 0.25) is 0 Å². The Hall–Kier alpha value is -3.42. The van der Waals surface area contributed by atoms with Crippen LogP contribution < -0.4 is 30.2 Å². The zero-order chi connectivity index (χ0) is 19.4. The molecule has 8 nitrogen and oxygen atoms in total. The summed E-state index contributed by atoms with van der Waals surface area (Å²) in [5, 5.41) is 8.63. The van der Waals surface area contributed by atoms with Crippen molar-refractivity contribution in [3.05, 3.63) is 36.4 Å². The van der Waals surface area contributed by atoms with Crippen molar-refractivity contribution in [3.63, 3.8) is 0 Å². The van der Waals surface area contributed by atoms with Gasteiger partial charge in [0.05, 0.1) is 12.8 Å². The van der Waals surface area contributed by atoms with Gasteiger partial charge in [-0.05, 0) is 37.3 Å². The second-order valence-electron chi connectivity index (χ2n) is 6.02. The van der Waals surface area contributed by atoms with E-state index in [1.54, 1.807) is 43.3 Å². The minimum absolute atomic E-state index is 0.176. The molecule has 27 heavy (non-hydrogen) atoms. The summed E-state index contributed by atoms with van der Waals surface area (Å²) >= 11 is 0. The molecule has 0 unspecified atom stereocenters. The summed E-state index contributed by atoms with van der Waals surface area (Å²) in [6, 6.07) is 9.80. The molecular weight excluding hydrogens is 350 g/mol. The third-order valence-corrected chi connectivity index (χ3v) is 3.93. The van der Waals surface area contributed by atoms with Crippen LogP contribution in [-0.4, -0.2) is 31.8 Å². The zero-order valence-electron chi connectivity index (χ0n) is 15.3. The Morgan fingerprint density at radius 3 is 2.48 bits per heavy atom. The third kappa shape index (κ3) is 4.41. The molecule has 0 aromatic heterocycles. The highest BCUT2D eigenvalue weighted by atomic mass is 16.7. The van der Waals surface area contributed by atoms with Crippen LogP contribution in [0.5, 0.6) is 17.2 Å². The van der Waals surface area contributed by atoms with Gasteiger partial charge >= 0.3 is 0 Å². The molecule has 2 aromatic carbocycles. The fourth-order valence-electron chi connectivity index (χ4n) is 2.63. The lowest BCUT2D eigenvalue weighted by molar-refractivity contribution is -0.116. The van der Waals surface area contributed by atoms with E-state index in [4.69, 9.17) is 14.2 Å². The number of rotatable bonds is 6. The van der Waals surface area contributed by atoms with Crippen molar-refractivity contribution < 1.29 is 23.8 Å². The van der Waals surface area contributed by atoms with Crippen molar-refractivity contribution >= 4 is 28.9 Å². The minimum Gasteiger partial charge on any atom is -0.495 e. The number of nitrogens with one attached hydrogen (secondary N) is 3. The Bertz CT molecular complexity index is 868. The first-order valence-electron chi connectivity index (χ1n) is 8.39. The normalized spacial score (nSPS) is 12.9. The van der Waals surface area contributed by atoms with E-state index >= 15 is 0 Å². The van der Waals surface area contributed by atoms with E-state index in [9.17, 15) is 9.59 Å². The van der Waals surface area contributed by atoms with Gasteiger partial charge in [0.25, 0.3) is 0 Å². The average Bonchev–Trinajstić information content (AvgIpc) is 3.09. The highest BCUT2D eigenvalue weighted by Gasteiger charge is 2.18. The summed E-state index contributed by atoms with van der Waals surface area (Å²) in [4.78, 5) is 23.8. The number of hydrogen-bond acceptors (Lipinski definition) is 6. The molecular formula is C19H21N3O5. The molecule has 1 atom stereocenters. The van der Waals surface area contributed by atoms with Crippen molar-refractivity contribution in [2.24, 2.45) is 0 Å². The van der Waals surface area contributed by atoms with Crippen LogP contribution in [0.1, 0.15) is 13.8 Å². The summed E-state index contributed by atoms with van der Waals surface area (Å²) in [5.74, 6) is 1.39. The first-order valence-corrected chi connectivity index (χ1v) is 8.39. The maximum atomic E-state index is 12.5. The molecule has 0 fully saturated rings. The molecule has 0 bridgehead atoms. The van der Waals surface area contributed by atoms with Crippen molar-refractivity contribution in [3.8, 4) is 17.2 Å². The van der Waals surface area contributed by atoms with E-state index in [1.807, 2.05) is 0 Å². The van der Waals surface area contributed by atoms with Crippen LogP contribution >= 0.6 is 0 Å². The van der Waals surface area contributed by atoms with Gasteiger partial charge in [-0.1, -0.05) is 0 Å². The predicted octanol–water partition coefficient (Wildman–Crippen LogP) is 2.82. The second-order valence-corrected chi connectivity index (χ2v) is 6.02. The standard InChI is InChI=1S/C19H21N3O5/c1-11(19(24)22-14-5-7-17-18(9-14)27-10-26-17)20-15-8-13(21-12(2)23)4-6-16(15)25-3/h4-9,11,20H,10H2,1-3H3,(H,21,23)(H,22,24)/t11-/m0/s1. The van der Waals surface area contributed by atoms with Crippen molar-refractivity contribution in [1.82, 2.24) is 0 Å². The van der Waals surface area contributed by atoms with Crippen molar-refractivity contribution in [2.75, 3.05) is 29.9 Å². The van der Waals surface area contributed by atoms with Crippen molar-refractivity contribution in [2.45, 2.75) is 19.9 Å². The number of ether oxygens (including phenoxy) is 3. The molecule has 2 aromatic rings. The lowest BCUT2D eigenvalue weighted by atomic mass is 10.2. The first kappa shape index (κ1) is 18.4. The molecule has 2 amide bonds. The molecule has 0 saturated carbocycles. The van der Waals surface area contributed by atoms with Gasteiger partial charge in [-0.25, -0.2) is 0 Å². The zero-order valence-corrected chi connectivity index (χ0v) is 15.3. The molecule has 0 radical (unpaired) electrons. The molecule has 1 aliphatic heterocycles. The minimum atomic E-state index is -0.558. The maximum absolute atomic E-state index is 12.5. The number of carbonyl (C=O) groups excluding carboxylic acids is 2. The van der Waals surface area contributed by atoms with E-state index in [0.717, 1.165) is 0 Å². The van der Waals surface area contributed by atoms with E-state index in [0.29, 0.717) is 34.3 Å². The van der Waals surface area contributed by atoms with Crippen LogP contribution in [0.3, 0.4) is 0 Å². The Morgan fingerprint density at radius 1 is 1.04 bits per heavy atom. The number of fused-ring (bicyclic) bond motifs is 1. The van der Waals surface area contributed by atoms with Gasteiger partial charge in [0.15, 0.2) is 11.5 Å². The Balaban J connectivity index is 1.69. The smallest absolute Gasteiger partial charge is 0.246 e. The largest absolute Gasteiger partial charge is 0.495 e. The molecule has 0 saturated heterocycles. The Labute approximate surface area is 156 Å². The van der Waals surface area contributed by atoms with Gasteiger partial charge in [0.1, 0.15) is 11.8 Å². The molecule has 3 N–H and O–H groups in total. The number of methoxy groups -OCH3 is 1. The van der Waals surface area contributed by atoms with E-state index in [1.165, 1.54) is 14.0 Å². The van der Waals surface area contributed by atoms with Crippen LogP contribution in [0.4, 0.5) is 17.1 Å². The first-order chi connectivity index (χ1) is 13.0. The summed E-state index contributed by atoms with van der Waals surface area (Å²) in [6.07, 6.45) is 0. The van der Waals surface area contributed by atoms with Gasteiger partial charge in [-0.2, -0.15) is 0 Å². The average molecular weight is 371 g/mol. The molecule has 3 rings (SSSR count). The highest BCUT2D eigenvalue weighted by Crippen LogP contribution is 2.34. The van der Waals surface area contributed by atoms with Gasteiger partial charge in [-0.3, -0.25) is 9.59 Å². The van der Waals surface area contributed by atoms with Gasteiger partial charge in [-0.15, -0.1) is 0 Å². The van der Waals surface area contributed by atoms with Crippen LogP contribution in [0, 0.1) is 0 Å². The summed E-state index contributed by atoms with van der Waals surface area (Å²) in [5.41, 5.74) is 1.81. The molecule has 142 valence electrons. The van der Waals surface area contributed by atoms with Crippen LogP contribution in [0.25, 0.3) is 0 Å². The number of amides is 2. The maximum Gasteiger partial charge on any atom is 0.246 e. The summed E-state index contributed by atoms with van der Waals surface area (Å²) in [6.45, 7) is 3.33. The van der Waals surface area contributed by atoms with E-state index < -0.39 is 6.04 Å². The predicted molar refractivity (Wildman–Crippen MR) is 102 cm³/mol. The third-order valence-electron chi connectivity index (χ3n) is 3.93. The number of carbonyl (C=O) groups is 2. The molecule has 0 aliphatic carbocycles. The number of anilines is 3. The number of hydrogen-bond donors (Lipinski definition) is 3. The molecule has 0 spiro atoms. The lowest BCUT2D eigenvalue weighted by Crippen LogP contribution is -2.32. The summed E-state index contributed by atoms with van der Waals surface area (Å²) < 4.78 is 15.9. The van der Waals surface area contributed by atoms with E-state index in [2.05, 4.69) is 16.0 Å². The van der Waals surface area contributed by atoms with Crippen LogP contribution in [0.15, 0.2) is 36.4 Å². The van der Waals surface area contributed by atoms with Gasteiger partial charge < -0.3 is 30.2 Å². The van der Waals surface area contributed by atoms with Crippen LogP contribution in [-0.2, 0) is 9.59 Å². The lowest BCUT2D eigenvalue weighted by Gasteiger charge is -2.18. The highest BCUT2D eigenvalue weighted by molar-refractivity contribution is 5.97. The quantitative estimate of drug-likeness (QED) is 0.722.